The highest BCUT2D eigenvalue weighted by Crippen LogP contribution is 2.21. The van der Waals surface area contributed by atoms with E-state index in [0.717, 1.165) is 31.7 Å². The van der Waals surface area contributed by atoms with Crippen molar-refractivity contribution in [1.82, 2.24) is 9.80 Å². The molecule has 2 rings (SSSR count). The summed E-state index contributed by atoms with van der Waals surface area (Å²) in [7, 11) is 0. The molecule has 1 saturated heterocycles. The number of halogens is 1. The topological polar surface area (TPSA) is 32.5 Å². The zero-order valence-electron chi connectivity index (χ0n) is 12.7. The van der Waals surface area contributed by atoms with Crippen LogP contribution in [0.3, 0.4) is 0 Å². The molecule has 0 spiro atoms. The Morgan fingerprint density at radius 3 is 2.50 bits per heavy atom. The maximum absolute atomic E-state index is 13.0. The smallest absolute Gasteiger partial charge is 0.123 e. The highest BCUT2D eigenvalue weighted by Gasteiger charge is 2.28. The highest BCUT2D eigenvalue weighted by atomic mass is 19.1. The summed E-state index contributed by atoms with van der Waals surface area (Å²) in [6.45, 7) is 10.9. The molecule has 1 aromatic rings. The predicted molar refractivity (Wildman–Crippen MR) is 81.1 cm³/mol. The van der Waals surface area contributed by atoms with Crippen molar-refractivity contribution in [2.24, 2.45) is 5.73 Å². The third kappa shape index (κ3) is 3.37. The number of benzene rings is 1. The summed E-state index contributed by atoms with van der Waals surface area (Å²) in [6, 6.07) is 7.32. The molecule has 1 aliphatic heterocycles. The van der Waals surface area contributed by atoms with E-state index in [4.69, 9.17) is 5.73 Å². The van der Waals surface area contributed by atoms with Crippen LogP contribution in [-0.4, -0.2) is 48.1 Å². The summed E-state index contributed by atoms with van der Waals surface area (Å²) in [5.41, 5.74) is 7.36. The largest absolute Gasteiger partial charge is 0.323 e. The second-order valence-electron chi connectivity index (χ2n) is 5.79. The van der Waals surface area contributed by atoms with Crippen molar-refractivity contribution in [1.29, 1.82) is 0 Å². The van der Waals surface area contributed by atoms with Gasteiger partial charge in [-0.15, -0.1) is 0 Å². The summed E-state index contributed by atoms with van der Waals surface area (Å²) in [5.74, 6) is -0.209. The maximum atomic E-state index is 13.0. The van der Waals surface area contributed by atoms with Gasteiger partial charge < -0.3 is 5.73 Å². The van der Waals surface area contributed by atoms with Crippen molar-refractivity contribution in [3.8, 4) is 0 Å². The quantitative estimate of drug-likeness (QED) is 0.917. The lowest BCUT2D eigenvalue weighted by atomic mass is 9.98. The molecule has 0 aromatic heterocycles. The molecule has 3 unspecified atom stereocenters. The fourth-order valence-electron chi connectivity index (χ4n) is 3.05. The van der Waals surface area contributed by atoms with Gasteiger partial charge in [0, 0.05) is 37.8 Å². The first-order valence-electron chi connectivity index (χ1n) is 7.52. The summed E-state index contributed by atoms with van der Waals surface area (Å²) in [4.78, 5) is 4.94. The van der Waals surface area contributed by atoms with Gasteiger partial charge in [-0.1, -0.05) is 19.1 Å². The molecule has 1 fully saturated rings. The van der Waals surface area contributed by atoms with E-state index in [2.05, 4.69) is 30.6 Å². The van der Waals surface area contributed by atoms with Gasteiger partial charge in [-0.25, -0.2) is 4.39 Å². The molecule has 0 saturated carbocycles. The van der Waals surface area contributed by atoms with Crippen LogP contribution in [0.1, 0.15) is 32.4 Å². The molecule has 3 atom stereocenters. The number of hydrogen-bond acceptors (Lipinski definition) is 3. The van der Waals surface area contributed by atoms with Crippen LogP contribution in [0, 0.1) is 5.82 Å². The first-order valence-corrected chi connectivity index (χ1v) is 7.52. The molecular weight excluding hydrogens is 253 g/mol. The Labute approximate surface area is 121 Å². The van der Waals surface area contributed by atoms with Crippen molar-refractivity contribution in [3.05, 3.63) is 35.6 Å². The third-order valence-corrected chi connectivity index (χ3v) is 4.55. The first kappa shape index (κ1) is 15.4. The van der Waals surface area contributed by atoms with Gasteiger partial charge in [0.05, 0.1) is 0 Å². The van der Waals surface area contributed by atoms with E-state index in [-0.39, 0.29) is 17.9 Å². The molecule has 20 heavy (non-hydrogen) atoms. The number of piperazine rings is 1. The number of likely N-dealkylation sites (N-methyl/N-ethyl adjacent to an activating group) is 1. The normalized spacial score (nSPS) is 24.6. The first-order chi connectivity index (χ1) is 9.52. The average molecular weight is 279 g/mol. The van der Waals surface area contributed by atoms with Crippen molar-refractivity contribution in [2.45, 2.75) is 38.9 Å². The summed E-state index contributed by atoms with van der Waals surface area (Å²) in [5, 5.41) is 0. The van der Waals surface area contributed by atoms with E-state index in [1.165, 1.54) is 12.1 Å². The molecule has 1 aliphatic rings. The summed E-state index contributed by atoms with van der Waals surface area (Å²) < 4.78 is 13.0. The number of rotatable bonds is 4. The lowest BCUT2D eigenvalue weighted by molar-refractivity contribution is 0.0559. The molecule has 3 nitrogen and oxygen atoms in total. The lowest BCUT2D eigenvalue weighted by Crippen LogP contribution is -2.55. The Kier molecular flexibility index (Phi) is 5.13. The Balaban J connectivity index is 2.00. The Morgan fingerprint density at radius 1 is 1.30 bits per heavy atom. The van der Waals surface area contributed by atoms with Crippen LogP contribution in [0.2, 0.25) is 0 Å². The number of hydrogen-bond donors (Lipinski definition) is 1. The van der Waals surface area contributed by atoms with Crippen LogP contribution in [0.15, 0.2) is 24.3 Å². The van der Waals surface area contributed by atoms with Crippen molar-refractivity contribution >= 4 is 0 Å². The van der Waals surface area contributed by atoms with Crippen LogP contribution < -0.4 is 5.73 Å². The second kappa shape index (κ2) is 6.66. The van der Waals surface area contributed by atoms with Crippen LogP contribution >= 0.6 is 0 Å². The van der Waals surface area contributed by atoms with E-state index >= 15 is 0 Å². The van der Waals surface area contributed by atoms with Crippen LogP contribution in [-0.2, 0) is 0 Å². The molecule has 1 aromatic carbocycles. The fourth-order valence-corrected chi connectivity index (χ4v) is 3.05. The predicted octanol–water partition coefficient (Wildman–Crippen LogP) is 2.24. The standard InChI is InChI=1S/C16H26FN3/c1-4-19-9-10-20(11-12(19)2)13(3)16(18)14-5-7-15(17)8-6-14/h5-8,12-13,16H,4,9-11,18H2,1-3H3. The van der Waals surface area contributed by atoms with E-state index in [9.17, 15) is 4.39 Å². The van der Waals surface area contributed by atoms with Crippen molar-refractivity contribution in [3.63, 3.8) is 0 Å². The average Bonchev–Trinajstić information content (AvgIpc) is 2.46. The molecule has 0 aliphatic carbocycles. The Bertz CT molecular complexity index is 420. The molecule has 0 radical (unpaired) electrons. The van der Waals surface area contributed by atoms with Gasteiger partial charge in [-0.3, -0.25) is 9.80 Å². The molecule has 2 N–H and O–H groups in total. The Hall–Kier alpha value is -0.970. The molecule has 4 heteroatoms. The summed E-state index contributed by atoms with van der Waals surface area (Å²) >= 11 is 0. The summed E-state index contributed by atoms with van der Waals surface area (Å²) in [6.07, 6.45) is 0. The van der Waals surface area contributed by atoms with Gasteiger partial charge in [-0.05, 0) is 38.1 Å². The van der Waals surface area contributed by atoms with Gasteiger partial charge in [0.1, 0.15) is 5.82 Å². The van der Waals surface area contributed by atoms with Gasteiger partial charge in [0.15, 0.2) is 0 Å². The van der Waals surface area contributed by atoms with Crippen LogP contribution in [0.5, 0.6) is 0 Å². The highest BCUT2D eigenvalue weighted by molar-refractivity contribution is 5.21. The fraction of sp³-hybridized carbons (Fsp3) is 0.625. The van der Waals surface area contributed by atoms with E-state index in [0.29, 0.717) is 6.04 Å². The molecule has 112 valence electrons. The minimum absolute atomic E-state index is 0.0732. The van der Waals surface area contributed by atoms with Crippen molar-refractivity contribution in [2.75, 3.05) is 26.2 Å². The lowest BCUT2D eigenvalue weighted by Gasteiger charge is -2.43. The van der Waals surface area contributed by atoms with Gasteiger partial charge >= 0.3 is 0 Å². The van der Waals surface area contributed by atoms with E-state index in [1.54, 1.807) is 12.1 Å². The monoisotopic (exact) mass is 279 g/mol. The third-order valence-electron chi connectivity index (χ3n) is 4.55. The van der Waals surface area contributed by atoms with E-state index in [1.807, 2.05) is 0 Å². The van der Waals surface area contributed by atoms with Gasteiger partial charge in [0.2, 0.25) is 0 Å². The zero-order chi connectivity index (χ0) is 14.7. The Morgan fingerprint density at radius 2 is 1.95 bits per heavy atom. The molecule has 0 amide bonds. The second-order valence-corrected chi connectivity index (χ2v) is 5.79. The zero-order valence-corrected chi connectivity index (χ0v) is 12.7. The maximum Gasteiger partial charge on any atom is 0.123 e. The van der Waals surface area contributed by atoms with Crippen molar-refractivity contribution < 1.29 is 4.39 Å². The number of nitrogens with zero attached hydrogens (tertiary/aromatic N) is 2. The van der Waals surface area contributed by atoms with Gasteiger partial charge in [0.25, 0.3) is 0 Å². The molecule has 0 bridgehead atoms. The molecular formula is C16H26FN3. The van der Waals surface area contributed by atoms with Crippen LogP contribution in [0.4, 0.5) is 4.39 Å². The van der Waals surface area contributed by atoms with Crippen LogP contribution in [0.25, 0.3) is 0 Å². The SMILES string of the molecule is CCN1CCN(C(C)C(N)c2ccc(F)cc2)CC1C. The minimum Gasteiger partial charge on any atom is -0.323 e. The van der Waals surface area contributed by atoms with Gasteiger partial charge in [-0.2, -0.15) is 0 Å². The number of nitrogens with two attached hydrogens (primary N) is 1. The minimum atomic E-state index is -0.209. The van der Waals surface area contributed by atoms with E-state index < -0.39 is 0 Å². The molecule has 1 heterocycles.